The Balaban J connectivity index is 2.10. The van der Waals surface area contributed by atoms with Crippen molar-refractivity contribution in [1.82, 2.24) is 0 Å². The van der Waals surface area contributed by atoms with Crippen molar-refractivity contribution in [2.24, 2.45) is 0 Å². The molecule has 0 heterocycles. The van der Waals surface area contributed by atoms with Crippen LogP contribution in [0.2, 0.25) is 5.02 Å². The molecule has 138 valence electrons. The van der Waals surface area contributed by atoms with Gasteiger partial charge < -0.3 is 9.84 Å². The molecule has 0 saturated heterocycles. The summed E-state index contributed by atoms with van der Waals surface area (Å²) in [5, 5.41) is 10.4. The zero-order valence-electron chi connectivity index (χ0n) is 15.5. The lowest BCUT2D eigenvalue weighted by atomic mass is 9.93. The molecule has 0 amide bonds. The highest BCUT2D eigenvalue weighted by atomic mass is 35.5. The Morgan fingerprint density at radius 2 is 1.70 bits per heavy atom. The molecular weight excluding hydrogens is 360 g/mol. The van der Waals surface area contributed by atoms with Gasteiger partial charge in [0.2, 0.25) is 0 Å². The Bertz CT molecular complexity index is 1010. The number of carbonyl (C=O) groups is 1. The average Bonchev–Trinajstić information content (AvgIpc) is 2.68. The monoisotopic (exact) mass is 380 g/mol. The fraction of sp³-hybridized carbons (Fsp3) is 0.174. The predicted octanol–water partition coefficient (Wildman–Crippen LogP) is 5.57. The van der Waals surface area contributed by atoms with Crippen LogP contribution >= 0.6 is 11.6 Å². The van der Waals surface area contributed by atoms with Crippen molar-refractivity contribution < 1.29 is 14.6 Å². The predicted molar refractivity (Wildman–Crippen MR) is 109 cm³/mol. The third kappa shape index (κ3) is 3.90. The highest BCUT2D eigenvalue weighted by molar-refractivity contribution is 6.33. The van der Waals surface area contributed by atoms with Gasteiger partial charge in [0, 0.05) is 10.6 Å². The molecule has 0 aliphatic rings. The maximum Gasteiger partial charge on any atom is 0.337 e. The maximum atomic E-state index is 11.7. The number of esters is 1. The van der Waals surface area contributed by atoms with E-state index in [0.717, 1.165) is 38.9 Å². The smallest absolute Gasteiger partial charge is 0.337 e. The van der Waals surface area contributed by atoms with E-state index in [2.05, 4.69) is 0 Å². The molecule has 0 aliphatic carbocycles. The van der Waals surface area contributed by atoms with E-state index in [-0.39, 0.29) is 12.6 Å². The fourth-order valence-corrected chi connectivity index (χ4v) is 3.47. The van der Waals surface area contributed by atoms with Crippen LogP contribution in [0.5, 0.6) is 0 Å². The van der Waals surface area contributed by atoms with Gasteiger partial charge in [-0.1, -0.05) is 47.5 Å². The van der Waals surface area contributed by atoms with Crippen molar-refractivity contribution in [1.29, 1.82) is 0 Å². The van der Waals surface area contributed by atoms with Crippen LogP contribution in [0.15, 0.2) is 54.6 Å². The quantitative estimate of drug-likeness (QED) is 0.602. The van der Waals surface area contributed by atoms with E-state index in [1.807, 2.05) is 62.4 Å². The van der Waals surface area contributed by atoms with Crippen LogP contribution in [0, 0.1) is 13.8 Å². The van der Waals surface area contributed by atoms with Crippen molar-refractivity contribution in [2.45, 2.75) is 20.5 Å². The molecular formula is C23H21ClO3. The largest absolute Gasteiger partial charge is 0.465 e. The molecule has 0 aromatic heterocycles. The molecule has 0 spiro atoms. The summed E-state index contributed by atoms with van der Waals surface area (Å²) in [6.07, 6.45) is 0. The SMILES string of the molecule is COC(=O)c1ccc(-c2ccc(Cl)c(-c3ccc(C)cc3CO)c2)c(C)c1. The molecule has 4 heteroatoms. The molecule has 3 rings (SSSR count). The molecule has 0 bridgehead atoms. The van der Waals surface area contributed by atoms with Crippen molar-refractivity contribution in [3.63, 3.8) is 0 Å². The van der Waals surface area contributed by atoms with Gasteiger partial charge >= 0.3 is 5.97 Å². The van der Waals surface area contributed by atoms with Gasteiger partial charge in [0.05, 0.1) is 19.3 Å². The third-order valence-corrected chi connectivity index (χ3v) is 4.98. The number of rotatable bonds is 4. The lowest BCUT2D eigenvalue weighted by Gasteiger charge is -2.14. The van der Waals surface area contributed by atoms with Crippen molar-refractivity contribution >= 4 is 17.6 Å². The summed E-state index contributed by atoms with van der Waals surface area (Å²) in [6.45, 7) is 3.90. The van der Waals surface area contributed by atoms with E-state index in [0.29, 0.717) is 10.6 Å². The minimum atomic E-state index is -0.353. The Morgan fingerprint density at radius 3 is 2.37 bits per heavy atom. The number of aliphatic hydroxyl groups excluding tert-OH is 1. The molecule has 0 radical (unpaired) electrons. The number of halogens is 1. The van der Waals surface area contributed by atoms with Crippen molar-refractivity contribution in [2.75, 3.05) is 7.11 Å². The number of methoxy groups -OCH3 is 1. The summed E-state index contributed by atoms with van der Waals surface area (Å²) in [5.74, 6) is -0.353. The zero-order valence-corrected chi connectivity index (χ0v) is 16.3. The van der Waals surface area contributed by atoms with Crippen LogP contribution < -0.4 is 0 Å². The Morgan fingerprint density at radius 1 is 0.963 bits per heavy atom. The second-order valence-electron chi connectivity index (χ2n) is 6.53. The normalized spacial score (nSPS) is 10.7. The molecule has 27 heavy (non-hydrogen) atoms. The first-order valence-corrected chi connectivity index (χ1v) is 9.02. The molecule has 0 saturated carbocycles. The van der Waals surface area contributed by atoms with Gasteiger partial charge in [-0.2, -0.15) is 0 Å². The first-order chi connectivity index (χ1) is 12.9. The molecule has 3 aromatic rings. The Labute approximate surface area is 164 Å². The molecule has 3 aromatic carbocycles. The number of hydrogen-bond donors (Lipinski definition) is 1. The number of aliphatic hydroxyl groups is 1. The number of benzene rings is 3. The van der Waals surface area contributed by atoms with Crippen LogP contribution in [0.25, 0.3) is 22.3 Å². The highest BCUT2D eigenvalue weighted by Gasteiger charge is 2.13. The Kier molecular flexibility index (Phi) is 5.64. The summed E-state index contributed by atoms with van der Waals surface area (Å²) in [4.78, 5) is 11.7. The van der Waals surface area contributed by atoms with E-state index in [1.165, 1.54) is 7.11 Å². The standard InChI is InChI=1S/C23H21ClO3/c1-14-4-7-20(18(10-14)13-25)21-12-16(6-9-22(21)24)19-8-5-17(11-15(19)2)23(26)27-3/h4-12,25H,13H2,1-3H3. The lowest BCUT2D eigenvalue weighted by molar-refractivity contribution is 0.0600. The van der Waals surface area contributed by atoms with E-state index in [4.69, 9.17) is 16.3 Å². The van der Waals surface area contributed by atoms with E-state index in [1.54, 1.807) is 6.07 Å². The number of carbonyl (C=O) groups excluding carboxylic acids is 1. The Hall–Kier alpha value is -2.62. The first kappa shape index (κ1) is 19.2. The van der Waals surface area contributed by atoms with Crippen LogP contribution in [-0.2, 0) is 11.3 Å². The van der Waals surface area contributed by atoms with Crippen molar-refractivity contribution in [3.8, 4) is 22.3 Å². The summed E-state index contributed by atoms with van der Waals surface area (Å²) < 4.78 is 4.78. The molecule has 0 unspecified atom stereocenters. The first-order valence-electron chi connectivity index (χ1n) is 8.64. The van der Waals surface area contributed by atoms with Crippen LogP contribution in [0.4, 0.5) is 0 Å². The highest BCUT2D eigenvalue weighted by Crippen LogP contribution is 2.36. The molecule has 0 fully saturated rings. The maximum absolute atomic E-state index is 11.7. The number of ether oxygens (including phenoxy) is 1. The van der Waals surface area contributed by atoms with Gasteiger partial charge in [-0.05, 0) is 65.9 Å². The molecule has 0 atom stereocenters. The summed E-state index contributed by atoms with van der Waals surface area (Å²) >= 11 is 6.47. The van der Waals surface area contributed by atoms with Gasteiger partial charge in [0.15, 0.2) is 0 Å². The lowest BCUT2D eigenvalue weighted by Crippen LogP contribution is -2.01. The second-order valence-corrected chi connectivity index (χ2v) is 6.94. The van der Waals surface area contributed by atoms with Crippen LogP contribution in [0.3, 0.4) is 0 Å². The van der Waals surface area contributed by atoms with Crippen molar-refractivity contribution in [3.05, 3.63) is 81.9 Å². The minimum absolute atomic E-state index is 0.0512. The number of hydrogen-bond acceptors (Lipinski definition) is 3. The van der Waals surface area contributed by atoms with Crippen LogP contribution in [-0.4, -0.2) is 18.2 Å². The van der Waals surface area contributed by atoms with Gasteiger partial charge in [0.25, 0.3) is 0 Å². The van der Waals surface area contributed by atoms with E-state index < -0.39 is 0 Å². The summed E-state index contributed by atoms with van der Waals surface area (Å²) in [6, 6.07) is 17.3. The van der Waals surface area contributed by atoms with E-state index >= 15 is 0 Å². The van der Waals surface area contributed by atoms with Gasteiger partial charge in [-0.25, -0.2) is 4.79 Å². The van der Waals surface area contributed by atoms with Crippen LogP contribution in [0.1, 0.15) is 27.0 Å². The zero-order chi connectivity index (χ0) is 19.6. The summed E-state index contributed by atoms with van der Waals surface area (Å²) in [7, 11) is 1.37. The molecule has 0 aliphatic heterocycles. The minimum Gasteiger partial charge on any atom is -0.465 e. The third-order valence-electron chi connectivity index (χ3n) is 4.65. The summed E-state index contributed by atoms with van der Waals surface area (Å²) in [5.41, 5.74) is 7.21. The average molecular weight is 381 g/mol. The van der Waals surface area contributed by atoms with Gasteiger partial charge in [0.1, 0.15) is 0 Å². The fourth-order valence-electron chi connectivity index (χ4n) is 3.25. The van der Waals surface area contributed by atoms with E-state index in [9.17, 15) is 9.90 Å². The topological polar surface area (TPSA) is 46.5 Å². The number of aryl methyl sites for hydroxylation is 2. The molecule has 3 nitrogen and oxygen atoms in total. The van der Waals surface area contributed by atoms with Gasteiger partial charge in [-0.3, -0.25) is 0 Å². The second kappa shape index (κ2) is 7.95. The van der Waals surface area contributed by atoms with Gasteiger partial charge in [-0.15, -0.1) is 0 Å². The molecule has 1 N–H and O–H groups in total.